The largest absolute Gasteiger partial charge is 0.348 e. The maximum absolute atomic E-state index is 12.0. The number of hydrogen-bond acceptors (Lipinski definition) is 3. The topological polar surface area (TPSA) is 60.7 Å². The summed E-state index contributed by atoms with van der Waals surface area (Å²) in [5.74, 6) is 1.14. The summed E-state index contributed by atoms with van der Waals surface area (Å²) in [6.45, 7) is 8.41. The summed E-state index contributed by atoms with van der Waals surface area (Å²) in [4.78, 5) is 14.9. The van der Waals surface area contributed by atoms with Gasteiger partial charge in [-0.15, -0.1) is 5.10 Å². The minimum absolute atomic E-state index is 0.206. The van der Waals surface area contributed by atoms with Gasteiger partial charge >= 0.3 is 0 Å². The molecule has 0 atom stereocenters. The first-order chi connectivity index (χ1) is 13.6. The number of carbonyl (C=O) groups is 1. The van der Waals surface area contributed by atoms with E-state index in [4.69, 9.17) is 17.3 Å². The molecule has 28 heavy (non-hydrogen) atoms. The van der Waals surface area contributed by atoms with Gasteiger partial charge < -0.3 is 19.7 Å². The van der Waals surface area contributed by atoms with E-state index in [-0.39, 0.29) is 5.91 Å². The van der Waals surface area contributed by atoms with Crippen molar-refractivity contribution >= 4 is 18.1 Å². The number of benzene rings is 1. The molecule has 2 fully saturated rings. The van der Waals surface area contributed by atoms with E-state index in [9.17, 15) is 4.79 Å². The minimum Gasteiger partial charge on any atom is -0.348 e. The van der Waals surface area contributed by atoms with Crippen molar-refractivity contribution in [2.24, 2.45) is 0 Å². The van der Waals surface area contributed by atoms with Crippen LogP contribution in [0.15, 0.2) is 30.3 Å². The second-order valence-corrected chi connectivity index (χ2v) is 8.26. The number of amides is 1. The Morgan fingerprint density at radius 3 is 2.50 bits per heavy atom. The number of nitrogens with zero attached hydrogens (tertiary/aromatic N) is 3. The highest BCUT2D eigenvalue weighted by atomic mass is 32.1. The normalized spacial score (nSPS) is 22.2. The number of aromatic nitrogens is 3. The van der Waals surface area contributed by atoms with E-state index >= 15 is 0 Å². The Morgan fingerprint density at radius 2 is 1.86 bits per heavy atom. The zero-order chi connectivity index (χ0) is 19.5. The van der Waals surface area contributed by atoms with Gasteiger partial charge in [0.1, 0.15) is 26.2 Å². The number of carbonyl (C=O) groups excluding carboxylic acids is 1. The van der Waals surface area contributed by atoms with Gasteiger partial charge in [0.15, 0.2) is 19.0 Å². The van der Waals surface area contributed by atoms with Gasteiger partial charge in [-0.1, -0.05) is 30.3 Å². The van der Waals surface area contributed by atoms with Crippen molar-refractivity contribution in [1.29, 1.82) is 0 Å². The molecule has 0 bridgehead atoms. The molecule has 4 rings (SSSR count). The van der Waals surface area contributed by atoms with Gasteiger partial charge in [0.05, 0.1) is 0 Å². The highest BCUT2D eigenvalue weighted by molar-refractivity contribution is 7.71. The summed E-state index contributed by atoms with van der Waals surface area (Å²) in [6, 6.07) is 10.7. The molecular weight excluding hydrogens is 372 g/mol. The van der Waals surface area contributed by atoms with Crippen LogP contribution in [0.1, 0.15) is 19.8 Å². The molecule has 1 aliphatic heterocycles. The number of piperazine rings is 1. The smallest absolute Gasteiger partial charge is 0.275 e. The molecule has 0 spiro atoms. The third kappa shape index (κ3) is 4.51. The first-order valence-electron chi connectivity index (χ1n) is 10.3. The van der Waals surface area contributed by atoms with E-state index in [0.717, 1.165) is 68.4 Å². The SMILES string of the molecule is CCn1c(-c2ccccc2)nn(C[NH+]2CC[NH+](CC(=O)NC3CC3)CC2)c1=S. The quantitative estimate of drug-likeness (QED) is 0.527. The van der Waals surface area contributed by atoms with Crippen molar-refractivity contribution in [1.82, 2.24) is 19.7 Å². The number of nitrogens with one attached hydrogen (secondary N) is 3. The van der Waals surface area contributed by atoms with Gasteiger partial charge in [-0.25, -0.2) is 0 Å². The molecule has 7 nitrogen and oxygen atoms in total. The summed E-state index contributed by atoms with van der Waals surface area (Å²) >= 11 is 5.70. The lowest BCUT2D eigenvalue weighted by molar-refractivity contribution is -1.02. The van der Waals surface area contributed by atoms with E-state index in [1.54, 1.807) is 0 Å². The molecular formula is C20H30N6OS+2. The van der Waals surface area contributed by atoms with E-state index in [1.165, 1.54) is 9.80 Å². The molecule has 1 aliphatic carbocycles. The Morgan fingerprint density at radius 1 is 1.18 bits per heavy atom. The molecule has 1 saturated heterocycles. The van der Waals surface area contributed by atoms with Gasteiger partial charge in [0.2, 0.25) is 4.77 Å². The number of rotatable bonds is 7. The highest BCUT2D eigenvalue weighted by Gasteiger charge is 2.28. The molecule has 1 aromatic heterocycles. The molecule has 0 unspecified atom stereocenters. The van der Waals surface area contributed by atoms with E-state index < -0.39 is 0 Å². The second kappa shape index (κ2) is 8.55. The molecule has 1 saturated carbocycles. The highest BCUT2D eigenvalue weighted by Crippen LogP contribution is 2.18. The standard InChI is InChI=1S/C20H28N6OS/c1-2-25-19(16-6-4-3-5-7-16)22-26(20(25)28)15-24-12-10-23(11-13-24)14-18(27)21-17-8-9-17/h3-7,17H,2,8-15H2,1H3,(H,21,27)/p+2. The molecule has 8 heteroatoms. The first-order valence-corrected chi connectivity index (χ1v) is 10.7. The number of hydrogen-bond donors (Lipinski definition) is 3. The van der Waals surface area contributed by atoms with Crippen molar-refractivity contribution in [3.63, 3.8) is 0 Å². The molecule has 2 heterocycles. The molecule has 1 amide bonds. The van der Waals surface area contributed by atoms with Crippen LogP contribution < -0.4 is 15.1 Å². The summed E-state index contributed by atoms with van der Waals surface area (Å²) in [6.07, 6.45) is 2.30. The maximum atomic E-state index is 12.0. The van der Waals surface area contributed by atoms with Crippen LogP contribution in [0.4, 0.5) is 0 Å². The van der Waals surface area contributed by atoms with Gasteiger partial charge in [0, 0.05) is 18.2 Å². The van der Waals surface area contributed by atoms with Gasteiger partial charge in [-0.3, -0.25) is 4.79 Å². The van der Waals surface area contributed by atoms with Crippen molar-refractivity contribution in [3.8, 4) is 11.4 Å². The zero-order valence-corrected chi connectivity index (χ0v) is 17.3. The molecule has 3 N–H and O–H groups in total. The van der Waals surface area contributed by atoms with Gasteiger partial charge in [0.25, 0.3) is 5.91 Å². The van der Waals surface area contributed by atoms with Crippen LogP contribution in [0.2, 0.25) is 0 Å². The van der Waals surface area contributed by atoms with Crippen LogP contribution in [0.5, 0.6) is 0 Å². The minimum atomic E-state index is 0.206. The van der Waals surface area contributed by atoms with Crippen molar-refractivity contribution in [2.75, 3.05) is 32.7 Å². The Labute approximate surface area is 170 Å². The Kier molecular flexibility index (Phi) is 5.89. The summed E-state index contributed by atoms with van der Waals surface area (Å²) in [5, 5.41) is 7.93. The predicted molar refractivity (Wildman–Crippen MR) is 110 cm³/mol. The van der Waals surface area contributed by atoms with Crippen LogP contribution in [0.25, 0.3) is 11.4 Å². The van der Waals surface area contributed by atoms with E-state index in [2.05, 4.69) is 28.9 Å². The zero-order valence-electron chi connectivity index (χ0n) is 16.5. The Hall–Kier alpha value is -2.03. The third-order valence-corrected chi connectivity index (χ3v) is 6.09. The second-order valence-electron chi connectivity index (χ2n) is 7.89. The lowest BCUT2D eigenvalue weighted by Crippen LogP contribution is -3.28. The van der Waals surface area contributed by atoms with Crippen molar-refractivity contribution in [3.05, 3.63) is 35.1 Å². The fraction of sp³-hybridized carbons (Fsp3) is 0.550. The summed E-state index contributed by atoms with van der Waals surface area (Å²) in [5.41, 5.74) is 1.10. The summed E-state index contributed by atoms with van der Waals surface area (Å²) in [7, 11) is 0. The number of quaternary nitrogens is 2. The lowest BCUT2D eigenvalue weighted by Gasteiger charge is -2.29. The molecule has 1 aromatic carbocycles. The Balaban J connectivity index is 1.36. The van der Waals surface area contributed by atoms with Gasteiger partial charge in [-0.05, 0) is 32.0 Å². The van der Waals surface area contributed by atoms with Crippen LogP contribution in [0, 0.1) is 4.77 Å². The predicted octanol–water partition coefficient (Wildman–Crippen LogP) is -0.880. The van der Waals surface area contributed by atoms with Crippen molar-refractivity contribution < 1.29 is 14.6 Å². The van der Waals surface area contributed by atoms with Gasteiger partial charge in [-0.2, -0.15) is 4.68 Å². The average molecular weight is 403 g/mol. The van der Waals surface area contributed by atoms with Crippen molar-refractivity contribution in [2.45, 2.75) is 39.0 Å². The third-order valence-electron chi connectivity index (χ3n) is 5.66. The molecule has 2 aliphatic rings. The van der Waals surface area contributed by atoms with Crippen LogP contribution in [0.3, 0.4) is 0 Å². The molecule has 2 aromatic rings. The lowest BCUT2D eigenvalue weighted by atomic mass is 10.2. The fourth-order valence-corrected chi connectivity index (χ4v) is 4.19. The Bertz CT molecular complexity index is 865. The molecule has 150 valence electrons. The fourth-order valence-electron chi connectivity index (χ4n) is 3.87. The van der Waals surface area contributed by atoms with E-state index in [1.807, 2.05) is 22.9 Å². The first kappa shape index (κ1) is 19.3. The van der Waals surface area contributed by atoms with Crippen LogP contribution in [-0.2, 0) is 18.0 Å². The average Bonchev–Trinajstić information content (AvgIpc) is 3.46. The maximum Gasteiger partial charge on any atom is 0.275 e. The van der Waals surface area contributed by atoms with Crippen LogP contribution in [-0.4, -0.2) is 59.0 Å². The monoisotopic (exact) mass is 402 g/mol. The van der Waals surface area contributed by atoms with Crippen LogP contribution >= 0.6 is 12.2 Å². The van der Waals surface area contributed by atoms with E-state index in [0.29, 0.717) is 12.6 Å². The molecule has 0 radical (unpaired) electrons. The summed E-state index contributed by atoms with van der Waals surface area (Å²) < 4.78 is 4.86.